The highest BCUT2D eigenvalue weighted by Gasteiger charge is 2.44. The van der Waals surface area contributed by atoms with E-state index >= 15 is 0 Å². The molecule has 1 atom stereocenters. The van der Waals surface area contributed by atoms with Crippen LogP contribution in [0.1, 0.15) is 25.8 Å². The maximum absolute atomic E-state index is 12.6. The SMILES string of the molecule is Cc1cccc(S(=O)(=O)N2CC(O)CC2(C)C)c1. The fourth-order valence-electron chi connectivity index (χ4n) is 2.51. The number of aliphatic hydroxyl groups excluding tert-OH is 1. The Labute approximate surface area is 108 Å². The normalized spacial score (nSPS) is 24.3. The lowest BCUT2D eigenvalue weighted by molar-refractivity contribution is 0.187. The lowest BCUT2D eigenvalue weighted by Crippen LogP contribution is -2.42. The molecule has 1 N–H and O–H groups in total. The van der Waals surface area contributed by atoms with Gasteiger partial charge in [-0.25, -0.2) is 8.42 Å². The number of rotatable bonds is 2. The molecule has 100 valence electrons. The van der Waals surface area contributed by atoms with E-state index in [0.29, 0.717) is 11.3 Å². The first-order valence-corrected chi connectivity index (χ1v) is 7.45. The van der Waals surface area contributed by atoms with Gasteiger partial charge in [-0.3, -0.25) is 0 Å². The standard InChI is InChI=1S/C13H19NO3S/c1-10-5-4-6-12(7-10)18(16,17)14-9-11(15)8-13(14,2)3/h4-7,11,15H,8-9H2,1-3H3. The summed E-state index contributed by atoms with van der Waals surface area (Å²) < 4.78 is 26.5. The van der Waals surface area contributed by atoms with Crippen LogP contribution in [0.15, 0.2) is 29.2 Å². The first-order chi connectivity index (χ1) is 8.23. The van der Waals surface area contributed by atoms with Gasteiger partial charge in [0.15, 0.2) is 0 Å². The summed E-state index contributed by atoms with van der Waals surface area (Å²) in [5.74, 6) is 0. The molecule has 0 aromatic heterocycles. The molecular formula is C13H19NO3S. The highest BCUT2D eigenvalue weighted by atomic mass is 32.2. The Morgan fingerprint density at radius 2 is 2.06 bits per heavy atom. The zero-order valence-corrected chi connectivity index (χ0v) is 11.7. The maximum atomic E-state index is 12.6. The maximum Gasteiger partial charge on any atom is 0.243 e. The first-order valence-electron chi connectivity index (χ1n) is 6.01. The van der Waals surface area contributed by atoms with E-state index in [0.717, 1.165) is 5.56 Å². The highest BCUT2D eigenvalue weighted by Crippen LogP contribution is 2.34. The molecule has 0 radical (unpaired) electrons. The monoisotopic (exact) mass is 269 g/mol. The third-order valence-electron chi connectivity index (χ3n) is 3.36. The van der Waals surface area contributed by atoms with Gasteiger partial charge < -0.3 is 5.11 Å². The molecule has 0 saturated carbocycles. The van der Waals surface area contributed by atoms with Crippen LogP contribution in [0.5, 0.6) is 0 Å². The first kappa shape index (κ1) is 13.5. The molecule has 0 aliphatic carbocycles. The Kier molecular flexibility index (Phi) is 3.25. The van der Waals surface area contributed by atoms with Gasteiger partial charge in [0.1, 0.15) is 0 Å². The Hall–Kier alpha value is -0.910. The van der Waals surface area contributed by atoms with Gasteiger partial charge in [0.05, 0.1) is 11.0 Å². The number of β-amino-alcohol motifs (C(OH)–C–C–N with tert-alkyl or cyclic N) is 1. The summed E-state index contributed by atoms with van der Waals surface area (Å²) in [6, 6.07) is 6.87. The van der Waals surface area contributed by atoms with Crippen LogP contribution in [0.25, 0.3) is 0 Å². The number of sulfonamides is 1. The van der Waals surface area contributed by atoms with Crippen molar-refractivity contribution in [3.8, 4) is 0 Å². The molecule has 4 nitrogen and oxygen atoms in total. The van der Waals surface area contributed by atoms with E-state index in [2.05, 4.69) is 0 Å². The number of hydrogen-bond donors (Lipinski definition) is 1. The summed E-state index contributed by atoms with van der Waals surface area (Å²) in [4.78, 5) is 0.296. The predicted octanol–water partition coefficient (Wildman–Crippen LogP) is 1.53. The van der Waals surface area contributed by atoms with Gasteiger partial charge in [0.2, 0.25) is 10.0 Å². The average Bonchev–Trinajstić information content (AvgIpc) is 2.52. The van der Waals surface area contributed by atoms with Gasteiger partial charge in [0.25, 0.3) is 0 Å². The summed E-state index contributed by atoms with van der Waals surface area (Å²) in [5, 5.41) is 9.69. The molecule has 1 aliphatic heterocycles. The summed E-state index contributed by atoms with van der Waals surface area (Å²) in [6.45, 7) is 5.72. The number of hydrogen-bond acceptors (Lipinski definition) is 3. The van der Waals surface area contributed by atoms with Gasteiger partial charge in [-0.2, -0.15) is 4.31 Å². The zero-order chi connectivity index (χ0) is 13.6. The van der Waals surface area contributed by atoms with Crippen LogP contribution in [0.3, 0.4) is 0 Å². The number of aryl methyl sites for hydroxylation is 1. The van der Waals surface area contributed by atoms with Crippen LogP contribution in [-0.4, -0.2) is 36.0 Å². The van der Waals surface area contributed by atoms with Crippen LogP contribution in [0, 0.1) is 6.92 Å². The van der Waals surface area contributed by atoms with E-state index in [1.54, 1.807) is 18.2 Å². The zero-order valence-electron chi connectivity index (χ0n) is 10.9. The van der Waals surface area contributed by atoms with Crippen molar-refractivity contribution in [2.75, 3.05) is 6.54 Å². The van der Waals surface area contributed by atoms with Crippen molar-refractivity contribution in [1.82, 2.24) is 4.31 Å². The van der Waals surface area contributed by atoms with Crippen molar-refractivity contribution in [3.05, 3.63) is 29.8 Å². The minimum Gasteiger partial charge on any atom is -0.392 e. The number of benzene rings is 1. The smallest absolute Gasteiger partial charge is 0.243 e. The van der Waals surface area contributed by atoms with Crippen LogP contribution in [-0.2, 0) is 10.0 Å². The van der Waals surface area contributed by atoms with Crippen LogP contribution in [0.2, 0.25) is 0 Å². The van der Waals surface area contributed by atoms with Crippen molar-refractivity contribution in [1.29, 1.82) is 0 Å². The second-order valence-corrected chi connectivity index (χ2v) is 7.39. The fourth-order valence-corrected chi connectivity index (χ4v) is 4.44. The summed E-state index contributed by atoms with van der Waals surface area (Å²) in [6.07, 6.45) is -0.113. The number of nitrogens with zero attached hydrogens (tertiary/aromatic N) is 1. The molecule has 0 spiro atoms. The largest absolute Gasteiger partial charge is 0.392 e. The van der Waals surface area contributed by atoms with E-state index in [-0.39, 0.29) is 6.54 Å². The van der Waals surface area contributed by atoms with Crippen molar-refractivity contribution >= 4 is 10.0 Å². The van der Waals surface area contributed by atoms with E-state index < -0.39 is 21.7 Å². The molecule has 0 amide bonds. The second kappa shape index (κ2) is 4.33. The molecular weight excluding hydrogens is 250 g/mol. The molecule has 1 aliphatic rings. The van der Waals surface area contributed by atoms with Crippen molar-refractivity contribution in [3.63, 3.8) is 0 Å². The van der Waals surface area contributed by atoms with Crippen LogP contribution in [0.4, 0.5) is 0 Å². The average molecular weight is 269 g/mol. The predicted molar refractivity (Wildman–Crippen MR) is 69.8 cm³/mol. The Morgan fingerprint density at radius 3 is 2.56 bits per heavy atom. The summed E-state index contributed by atoms with van der Waals surface area (Å²) >= 11 is 0. The van der Waals surface area contributed by atoms with Gasteiger partial charge in [-0.1, -0.05) is 12.1 Å². The van der Waals surface area contributed by atoms with Crippen molar-refractivity contribution in [2.45, 2.75) is 43.7 Å². The Bertz CT molecular complexity index is 551. The van der Waals surface area contributed by atoms with Gasteiger partial charge in [-0.15, -0.1) is 0 Å². The van der Waals surface area contributed by atoms with E-state index in [1.165, 1.54) is 4.31 Å². The lowest BCUT2D eigenvalue weighted by Gasteiger charge is -2.30. The summed E-state index contributed by atoms with van der Waals surface area (Å²) in [5.41, 5.74) is 0.371. The molecule has 1 aromatic rings. The number of aliphatic hydroxyl groups is 1. The quantitative estimate of drug-likeness (QED) is 0.886. The fraction of sp³-hybridized carbons (Fsp3) is 0.538. The van der Waals surface area contributed by atoms with Crippen molar-refractivity contribution < 1.29 is 13.5 Å². The molecule has 2 rings (SSSR count). The molecule has 1 heterocycles. The molecule has 1 saturated heterocycles. The Balaban J connectivity index is 2.44. The molecule has 1 aromatic carbocycles. The van der Waals surface area contributed by atoms with Gasteiger partial charge in [-0.05, 0) is 44.9 Å². The molecule has 1 unspecified atom stereocenters. The minimum atomic E-state index is -3.53. The van der Waals surface area contributed by atoms with E-state index in [9.17, 15) is 13.5 Å². The molecule has 18 heavy (non-hydrogen) atoms. The van der Waals surface area contributed by atoms with Crippen LogP contribution < -0.4 is 0 Å². The minimum absolute atomic E-state index is 0.170. The van der Waals surface area contributed by atoms with Crippen molar-refractivity contribution in [2.24, 2.45) is 0 Å². The molecule has 5 heteroatoms. The van der Waals surface area contributed by atoms with E-state index in [1.807, 2.05) is 26.8 Å². The van der Waals surface area contributed by atoms with Gasteiger partial charge >= 0.3 is 0 Å². The lowest BCUT2D eigenvalue weighted by atomic mass is 10.0. The second-order valence-electron chi connectivity index (χ2n) is 5.52. The molecule has 1 fully saturated rings. The third-order valence-corrected chi connectivity index (χ3v) is 5.44. The van der Waals surface area contributed by atoms with E-state index in [4.69, 9.17) is 0 Å². The highest BCUT2D eigenvalue weighted by molar-refractivity contribution is 7.89. The van der Waals surface area contributed by atoms with Gasteiger partial charge in [0, 0.05) is 12.1 Å². The summed E-state index contributed by atoms with van der Waals surface area (Å²) in [7, 11) is -3.53. The van der Waals surface area contributed by atoms with Crippen LogP contribution >= 0.6 is 0 Å². The third kappa shape index (κ3) is 2.30. The topological polar surface area (TPSA) is 57.6 Å². The molecule has 0 bridgehead atoms. The Morgan fingerprint density at radius 1 is 1.39 bits per heavy atom.